The number of benzene rings is 2. The number of halogens is 1. The summed E-state index contributed by atoms with van der Waals surface area (Å²) in [6.45, 7) is -0.814. The van der Waals surface area contributed by atoms with Crippen LogP contribution in [0.1, 0.15) is 5.56 Å². The summed E-state index contributed by atoms with van der Waals surface area (Å²) in [6, 6.07) is 13.3. The summed E-state index contributed by atoms with van der Waals surface area (Å²) in [5, 5.41) is 18.0. The van der Waals surface area contributed by atoms with Crippen LogP contribution in [0.3, 0.4) is 0 Å². The van der Waals surface area contributed by atoms with Gasteiger partial charge in [-0.3, -0.25) is 9.10 Å². The van der Waals surface area contributed by atoms with Crippen molar-refractivity contribution in [2.24, 2.45) is 0 Å². The molecular weight excluding hydrogens is 340 g/mol. The predicted octanol–water partition coefficient (Wildman–Crippen LogP) is 2.49. The van der Waals surface area contributed by atoms with Gasteiger partial charge in [-0.25, -0.2) is 8.42 Å². The van der Waals surface area contributed by atoms with Crippen molar-refractivity contribution in [3.8, 4) is 6.07 Å². The highest BCUT2D eigenvalue weighted by atomic mass is 35.5. The lowest BCUT2D eigenvalue weighted by Gasteiger charge is -2.23. The smallest absolute Gasteiger partial charge is 0.324 e. The van der Waals surface area contributed by atoms with E-state index in [4.69, 9.17) is 22.0 Å². The third-order valence-electron chi connectivity index (χ3n) is 2.95. The summed E-state index contributed by atoms with van der Waals surface area (Å²) in [5.74, 6) is -1.34. The van der Waals surface area contributed by atoms with Crippen LogP contribution < -0.4 is 4.31 Å². The highest BCUT2D eigenvalue weighted by Gasteiger charge is 2.28. The zero-order valence-corrected chi connectivity index (χ0v) is 13.3. The Kier molecular flexibility index (Phi) is 4.89. The van der Waals surface area contributed by atoms with Gasteiger partial charge in [-0.05, 0) is 30.3 Å². The van der Waals surface area contributed by atoms with E-state index in [1.165, 1.54) is 42.5 Å². The fraction of sp³-hybridized carbons (Fsp3) is 0.0667. The number of sulfonamides is 1. The van der Waals surface area contributed by atoms with Crippen molar-refractivity contribution < 1.29 is 18.3 Å². The molecule has 0 aliphatic rings. The first kappa shape index (κ1) is 16.8. The van der Waals surface area contributed by atoms with Gasteiger partial charge in [0.25, 0.3) is 10.0 Å². The maximum atomic E-state index is 12.7. The molecule has 0 radical (unpaired) electrons. The molecule has 0 atom stereocenters. The summed E-state index contributed by atoms with van der Waals surface area (Å²) in [6.07, 6.45) is 0. The molecule has 0 unspecified atom stereocenters. The average molecular weight is 351 g/mol. The van der Waals surface area contributed by atoms with Crippen molar-refractivity contribution in [2.45, 2.75) is 4.90 Å². The Bertz CT molecular complexity index is 876. The van der Waals surface area contributed by atoms with Gasteiger partial charge >= 0.3 is 5.97 Å². The number of nitriles is 1. The fourth-order valence-corrected chi connectivity index (χ4v) is 3.63. The Labute approximate surface area is 138 Å². The third kappa shape index (κ3) is 3.62. The van der Waals surface area contributed by atoms with Crippen LogP contribution in [0, 0.1) is 11.3 Å². The highest BCUT2D eigenvalue weighted by molar-refractivity contribution is 7.92. The summed E-state index contributed by atoms with van der Waals surface area (Å²) in [4.78, 5) is 11.0. The van der Waals surface area contributed by atoms with Crippen molar-refractivity contribution in [2.75, 3.05) is 10.8 Å². The summed E-state index contributed by atoms with van der Waals surface area (Å²) in [5.41, 5.74) is 0.111. The molecule has 0 saturated heterocycles. The predicted molar refractivity (Wildman–Crippen MR) is 84.8 cm³/mol. The van der Waals surface area contributed by atoms with Gasteiger partial charge in [0.2, 0.25) is 0 Å². The number of carboxylic acid groups (broad SMARTS) is 1. The van der Waals surface area contributed by atoms with E-state index >= 15 is 0 Å². The van der Waals surface area contributed by atoms with Gasteiger partial charge < -0.3 is 5.11 Å². The van der Waals surface area contributed by atoms with Gasteiger partial charge in [-0.15, -0.1) is 0 Å². The monoisotopic (exact) mass is 350 g/mol. The first-order chi connectivity index (χ1) is 10.9. The second-order valence-electron chi connectivity index (χ2n) is 4.50. The van der Waals surface area contributed by atoms with E-state index in [2.05, 4.69) is 0 Å². The van der Waals surface area contributed by atoms with E-state index in [1.807, 2.05) is 6.07 Å². The van der Waals surface area contributed by atoms with Gasteiger partial charge in [-0.2, -0.15) is 5.26 Å². The number of aliphatic carboxylic acids is 1. The quantitative estimate of drug-likeness (QED) is 0.893. The standard InChI is InChI=1S/C15H11ClN2O4S/c16-13-7-6-11(9-17)8-14(13)18(10-15(19)20)23(21,22)12-4-2-1-3-5-12/h1-8H,10H2,(H,19,20). The van der Waals surface area contributed by atoms with E-state index in [0.717, 1.165) is 0 Å². The second-order valence-corrected chi connectivity index (χ2v) is 6.77. The molecule has 1 N–H and O–H groups in total. The van der Waals surface area contributed by atoms with Crippen molar-refractivity contribution in [3.63, 3.8) is 0 Å². The van der Waals surface area contributed by atoms with Crippen LogP contribution in [0.5, 0.6) is 0 Å². The lowest BCUT2D eigenvalue weighted by Crippen LogP contribution is -2.36. The molecule has 0 aromatic heterocycles. The Morgan fingerprint density at radius 2 is 1.87 bits per heavy atom. The second kappa shape index (κ2) is 6.69. The van der Waals surface area contributed by atoms with Crippen molar-refractivity contribution in [3.05, 3.63) is 59.1 Å². The lowest BCUT2D eigenvalue weighted by atomic mass is 10.2. The van der Waals surface area contributed by atoms with E-state index in [0.29, 0.717) is 4.31 Å². The van der Waals surface area contributed by atoms with E-state index in [1.54, 1.807) is 6.07 Å². The fourth-order valence-electron chi connectivity index (χ4n) is 1.92. The zero-order chi connectivity index (χ0) is 17.0. The number of carboxylic acids is 1. The molecule has 2 aromatic carbocycles. The van der Waals surface area contributed by atoms with Crippen LogP contribution in [0.25, 0.3) is 0 Å². The van der Waals surface area contributed by atoms with Crippen LogP contribution in [-0.4, -0.2) is 26.0 Å². The number of nitrogens with zero attached hydrogens (tertiary/aromatic N) is 2. The van der Waals surface area contributed by atoms with Crippen LogP contribution >= 0.6 is 11.6 Å². The van der Waals surface area contributed by atoms with E-state index in [9.17, 15) is 13.2 Å². The number of hydrogen-bond donors (Lipinski definition) is 1. The van der Waals surface area contributed by atoms with Gasteiger partial charge in [0.1, 0.15) is 6.54 Å². The average Bonchev–Trinajstić information content (AvgIpc) is 2.54. The topological polar surface area (TPSA) is 98.5 Å². The molecule has 0 fully saturated rings. The maximum absolute atomic E-state index is 12.7. The Balaban J connectivity index is 2.64. The molecule has 0 aliphatic carbocycles. The normalized spacial score (nSPS) is 10.8. The summed E-state index contributed by atoms with van der Waals surface area (Å²) < 4.78 is 26.2. The minimum absolute atomic E-state index is 0.0322. The van der Waals surface area contributed by atoms with E-state index < -0.39 is 22.5 Å². The van der Waals surface area contributed by atoms with Crippen molar-refractivity contribution >= 4 is 33.3 Å². The number of carbonyl (C=O) groups is 1. The SMILES string of the molecule is N#Cc1ccc(Cl)c(N(CC(=O)O)S(=O)(=O)c2ccccc2)c1. The zero-order valence-electron chi connectivity index (χ0n) is 11.7. The van der Waals surface area contributed by atoms with Crippen LogP contribution in [-0.2, 0) is 14.8 Å². The largest absolute Gasteiger partial charge is 0.480 e. The highest BCUT2D eigenvalue weighted by Crippen LogP contribution is 2.31. The Hall–Kier alpha value is -2.56. The van der Waals surface area contributed by atoms with E-state index in [-0.39, 0.29) is 21.2 Å². The molecule has 0 saturated carbocycles. The molecule has 0 spiro atoms. The number of rotatable bonds is 5. The lowest BCUT2D eigenvalue weighted by molar-refractivity contribution is -0.135. The number of hydrogen-bond acceptors (Lipinski definition) is 4. The van der Waals surface area contributed by atoms with Gasteiger partial charge in [0, 0.05) is 0 Å². The molecule has 6 nitrogen and oxygen atoms in total. The molecule has 0 heterocycles. The molecule has 2 rings (SSSR count). The minimum Gasteiger partial charge on any atom is -0.480 e. The first-order valence-electron chi connectivity index (χ1n) is 6.35. The molecule has 0 amide bonds. The van der Waals surface area contributed by atoms with Gasteiger partial charge in [0.05, 0.1) is 27.2 Å². The molecule has 8 heteroatoms. The Morgan fingerprint density at radius 1 is 1.22 bits per heavy atom. The molecule has 0 bridgehead atoms. The molecule has 23 heavy (non-hydrogen) atoms. The van der Waals surface area contributed by atoms with Crippen LogP contribution in [0.2, 0.25) is 5.02 Å². The molecule has 2 aromatic rings. The number of anilines is 1. The van der Waals surface area contributed by atoms with Crippen LogP contribution in [0.4, 0.5) is 5.69 Å². The van der Waals surface area contributed by atoms with Gasteiger partial charge in [-0.1, -0.05) is 29.8 Å². The first-order valence-corrected chi connectivity index (χ1v) is 8.17. The Morgan fingerprint density at radius 3 is 2.43 bits per heavy atom. The summed E-state index contributed by atoms with van der Waals surface area (Å²) >= 11 is 6.02. The minimum atomic E-state index is -4.14. The van der Waals surface area contributed by atoms with Crippen molar-refractivity contribution in [1.29, 1.82) is 5.26 Å². The third-order valence-corrected chi connectivity index (χ3v) is 5.05. The molecule has 118 valence electrons. The van der Waals surface area contributed by atoms with Gasteiger partial charge in [0.15, 0.2) is 0 Å². The summed E-state index contributed by atoms with van der Waals surface area (Å²) in [7, 11) is -4.14. The molecular formula is C15H11ClN2O4S. The molecule has 0 aliphatic heterocycles. The van der Waals surface area contributed by atoms with Crippen LogP contribution in [0.15, 0.2) is 53.4 Å². The maximum Gasteiger partial charge on any atom is 0.324 e. The van der Waals surface area contributed by atoms with Crippen molar-refractivity contribution in [1.82, 2.24) is 0 Å².